The van der Waals surface area contributed by atoms with Crippen molar-refractivity contribution in [2.45, 2.75) is 18.9 Å². The number of halogens is 1. The minimum absolute atomic E-state index is 0.588. The number of carboxylic acids is 2. The number of hydrogen-bond donors (Lipinski definition) is 2. The van der Waals surface area contributed by atoms with Crippen molar-refractivity contribution in [2.75, 3.05) is 6.54 Å². The molecule has 20 heavy (non-hydrogen) atoms. The molecule has 0 heterocycles. The summed E-state index contributed by atoms with van der Waals surface area (Å²) in [6.07, 6.45) is 4.43. The first-order valence-electron chi connectivity index (χ1n) is 6.04. The van der Waals surface area contributed by atoms with Crippen LogP contribution in [0, 0.1) is 0 Å². The summed E-state index contributed by atoms with van der Waals surface area (Å²) in [4.78, 5) is 18.2. The summed E-state index contributed by atoms with van der Waals surface area (Å²) < 4.78 is 2.34. The zero-order valence-corrected chi connectivity index (χ0v) is 13.0. The van der Waals surface area contributed by atoms with Crippen LogP contribution in [0.4, 0.5) is 0 Å². The van der Waals surface area contributed by atoms with Crippen LogP contribution in [0.25, 0.3) is 0 Å². The molecule has 1 unspecified atom stereocenters. The van der Waals surface area contributed by atoms with E-state index < -0.39 is 11.9 Å². The molecule has 0 aliphatic heterocycles. The molecule has 0 aromatic heterocycles. The van der Waals surface area contributed by atoms with E-state index in [4.69, 9.17) is 19.8 Å². The number of rotatable bonds is 3. The number of fused-ring (bicyclic) bond motifs is 1. The molecule has 1 aromatic rings. The maximum Gasteiger partial charge on any atom is 0.414 e. The average molecular weight is 389 g/mol. The molecule has 0 bridgehead atoms. The van der Waals surface area contributed by atoms with E-state index in [2.05, 4.69) is 56.8 Å². The Labute approximate surface area is 131 Å². The third-order valence-electron chi connectivity index (χ3n) is 2.93. The number of aryl methyl sites for hydroxylation is 1. The molecular weight excluding hydrogens is 373 g/mol. The van der Waals surface area contributed by atoms with Crippen molar-refractivity contribution < 1.29 is 19.8 Å². The lowest BCUT2D eigenvalue weighted by molar-refractivity contribution is -0.159. The van der Waals surface area contributed by atoms with Gasteiger partial charge in [-0.1, -0.05) is 30.3 Å². The van der Waals surface area contributed by atoms with Crippen LogP contribution in [0.1, 0.15) is 23.6 Å². The lowest BCUT2D eigenvalue weighted by Gasteiger charge is -2.21. The minimum atomic E-state index is -1.82. The fourth-order valence-electron chi connectivity index (χ4n) is 2.08. The minimum Gasteiger partial charge on any atom is -0.473 e. The quantitative estimate of drug-likeness (QED) is 0.360. The lowest BCUT2D eigenvalue weighted by atomic mass is 10.1. The monoisotopic (exact) mass is 389 g/mol. The molecule has 5 nitrogen and oxygen atoms in total. The fourth-order valence-corrected chi connectivity index (χ4v) is 2.93. The number of carbonyl (C=O) groups is 2. The molecule has 1 aliphatic rings. The van der Waals surface area contributed by atoms with Gasteiger partial charge in [-0.2, -0.15) is 0 Å². The molecule has 108 valence electrons. The molecule has 1 atom stereocenters. The van der Waals surface area contributed by atoms with Crippen molar-refractivity contribution in [1.29, 1.82) is 0 Å². The van der Waals surface area contributed by atoms with E-state index in [1.807, 2.05) is 6.08 Å². The van der Waals surface area contributed by atoms with Crippen LogP contribution >= 0.6 is 22.9 Å². The second-order valence-corrected chi connectivity index (χ2v) is 5.47. The highest BCUT2D eigenvalue weighted by atomic mass is 127. The average Bonchev–Trinajstić information content (AvgIpc) is 2.83. The van der Waals surface area contributed by atoms with E-state index in [9.17, 15) is 0 Å². The Kier molecular flexibility index (Phi) is 6.66. The van der Waals surface area contributed by atoms with Crippen LogP contribution in [0.5, 0.6) is 0 Å². The Morgan fingerprint density at radius 2 is 1.95 bits per heavy atom. The Morgan fingerprint density at radius 3 is 2.50 bits per heavy atom. The van der Waals surface area contributed by atoms with Gasteiger partial charge >= 0.3 is 11.9 Å². The topological polar surface area (TPSA) is 77.8 Å². The molecule has 0 saturated heterocycles. The Morgan fingerprint density at radius 1 is 1.35 bits per heavy atom. The fraction of sp³-hybridized carbons (Fsp3) is 0.286. The molecular formula is C14H16INO4. The molecule has 0 spiro atoms. The standard InChI is InChI=1S/C12H14IN.C2H2O4/c1-2-9-14(13)12-8-7-10-5-3-4-6-11(10)12;3-1(4)2(5)6/h2-6,12H,1,7-9H2;(H,3,4)(H,5,6). The number of hydrogen-bond acceptors (Lipinski definition) is 3. The van der Waals surface area contributed by atoms with Crippen LogP contribution in [0.15, 0.2) is 36.9 Å². The molecule has 0 saturated carbocycles. The second-order valence-electron chi connectivity index (χ2n) is 4.23. The lowest BCUT2D eigenvalue weighted by Crippen LogP contribution is -2.16. The molecule has 0 amide bonds. The van der Waals surface area contributed by atoms with Crippen LogP contribution in [0.2, 0.25) is 0 Å². The highest BCUT2D eigenvalue weighted by Gasteiger charge is 2.25. The van der Waals surface area contributed by atoms with Gasteiger partial charge in [-0.15, -0.1) is 6.58 Å². The van der Waals surface area contributed by atoms with Gasteiger partial charge in [0.15, 0.2) is 0 Å². The van der Waals surface area contributed by atoms with Crippen LogP contribution in [0.3, 0.4) is 0 Å². The van der Waals surface area contributed by atoms with Crippen molar-refractivity contribution in [3.63, 3.8) is 0 Å². The molecule has 0 fully saturated rings. The van der Waals surface area contributed by atoms with Gasteiger partial charge in [0.25, 0.3) is 0 Å². The van der Waals surface area contributed by atoms with Crippen molar-refractivity contribution in [3.8, 4) is 0 Å². The van der Waals surface area contributed by atoms with Crippen molar-refractivity contribution in [3.05, 3.63) is 48.0 Å². The molecule has 0 radical (unpaired) electrons. The number of carboxylic acid groups (broad SMARTS) is 2. The summed E-state index contributed by atoms with van der Waals surface area (Å²) >= 11 is 2.40. The van der Waals surface area contributed by atoms with Crippen molar-refractivity contribution in [1.82, 2.24) is 3.11 Å². The van der Waals surface area contributed by atoms with Crippen LogP contribution < -0.4 is 0 Å². The number of benzene rings is 1. The summed E-state index contributed by atoms with van der Waals surface area (Å²) in [6.45, 7) is 4.74. The van der Waals surface area contributed by atoms with Crippen LogP contribution in [-0.2, 0) is 16.0 Å². The van der Waals surface area contributed by atoms with E-state index in [1.54, 1.807) is 0 Å². The SMILES string of the molecule is C=CCN(I)C1CCc2ccccc21.O=C(O)C(=O)O. The van der Waals surface area contributed by atoms with Crippen molar-refractivity contribution in [2.24, 2.45) is 0 Å². The Hall–Kier alpha value is -1.41. The maximum atomic E-state index is 9.10. The van der Waals surface area contributed by atoms with Gasteiger partial charge in [0.05, 0.1) is 0 Å². The van der Waals surface area contributed by atoms with Crippen LogP contribution in [-0.4, -0.2) is 31.8 Å². The third kappa shape index (κ3) is 4.61. The maximum absolute atomic E-state index is 9.10. The number of nitrogens with zero attached hydrogens (tertiary/aromatic N) is 1. The van der Waals surface area contributed by atoms with Gasteiger partial charge < -0.3 is 10.2 Å². The molecule has 2 N–H and O–H groups in total. The summed E-state index contributed by atoms with van der Waals surface area (Å²) in [7, 11) is 0. The Balaban J connectivity index is 0.000000286. The van der Waals surface area contributed by atoms with Crippen molar-refractivity contribution >= 4 is 34.8 Å². The van der Waals surface area contributed by atoms with E-state index in [0.29, 0.717) is 6.04 Å². The van der Waals surface area contributed by atoms with Gasteiger partial charge in [-0.3, -0.25) is 0 Å². The zero-order valence-electron chi connectivity index (χ0n) is 10.8. The van der Waals surface area contributed by atoms with Gasteiger partial charge in [-0.25, -0.2) is 12.7 Å². The van der Waals surface area contributed by atoms with Gasteiger partial charge in [0.1, 0.15) is 0 Å². The molecule has 2 rings (SSSR count). The molecule has 6 heteroatoms. The van der Waals surface area contributed by atoms with E-state index >= 15 is 0 Å². The predicted molar refractivity (Wildman–Crippen MR) is 83.7 cm³/mol. The largest absolute Gasteiger partial charge is 0.473 e. The summed E-state index contributed by atoms with van der Waals surface area (Å²) in [5.74, 6) is -3.65. The predicted octanol–water partition coefficient (Wildman–Crippen LogP) is 2.67. The smallest absolute Gasteiger partial charge is 0.414 e. The van der Waals surface area contributed by atoms with E-state index in [-0.39, 0.29) is 0 Å². The second kappa shape index (κ2) is 8.01. The summed E-state index contributed by atoms with van der Waals surface area (Å²) in [6, 6.07) is 9.35. The summed E-state index contributed by atoms with van der Waals surface area (Å²) in [5, 5.41) is 14.8. The number of aliphatic carboxylic acids is 2. The van der Waals surface area contributed by atoms with Gasteiger partial charge in [0.2, 0.25) is 0 Å². The summed E-state index contributed by atoms with van der Waals surface area (Å²) in [5.41, 5.74) is 3.02. The van der Waals surface area contributed by atoms with Gasteiger partial charge in [0, 0.05) is 35.5 Å². The first-order chi connectivity index (χ1) is 9.47. The van der Waals surface area contributed by atoms with E-state index in [1.165, 1.54) is 24.0 Å². The highest BCUT2D eigenvalue weighted by Crippen LogP contribution is 2.37. The first-order valence-corrected chi connectivity index (χ1v) is 7.01. The zero-order chi connectivity index (χ0) is 15.1. The normalized spacial score (nSPS) is 16.0. The van der Waals surface area contributed by atoms with Gasteiger partial charge in [-0.05, 0) is 24.0 Å². The third-order valence-corrected chi connectivity index (χ3v) is 3.99. The molecule has 1 aromatic carbocycles. The first kappa shape index (κ1) is 16.6. The Bertz CT molecular complexity index is 492. The molecule has 1 aliphatic carbocycles. The highest BCUT2D eigenvalue weighted by molar-refractivity contribution is 14.1. The van der Waals surface area contributed by atoms with E-state index in [0.717, 1.165) is 6.54 Å².